The van der Waals surface area contributed by atoms with E-state index in [1.165, 1.54) is 18.2 Å². The van der Waals surface area contributed by atoms with E-state index in [1.54, 1.807) is 13.0 Å². The predicted octanol–water partition coefficient (Wildman–Crippen LogP) is 2.81. The van der Waals surface area contributed by atoms with Gasteiger partial charge in [-0.2, -0.15) is 0 Å². The summed E-state index contributed by atoms with van der Waals surface area (Å²) in [4.78, 5) is 11.8. The van der Waals surface area contributed by atoms with Gasteiger partial charge < -0.3 is 9.84 Å². The van der Waals surface area contributed by atoms with Gasteiger partial charge in [-0.25, -0.2) is 4.39 Å². The van der Waals surface area contributed by atoms with Crippen molar-refractivity contribution in [1.29, 1.82) is 0 Å². The summed E-state index contributed by atoms with van der Waals surface area (Å²) < 4.78 is 18.3. The molecule has 1 N–H and O–H groups in total. The molecule has 0 atom stereocenters. The molecule has 0 saturated carbocycles. The van der Waals surface area contributed by atoms with Crippen LogP contribution in [0, 0.1) is 12.7 Å². The number of rotatable bonds is 3. The molecule has 0 radical (unpaired) electrons. The van der Waals surface area contributed by atoms with Crippen molar-refractivity contribution in [2.75, 3.05) is 0 Å². The maximum Gasteiger partial charge on any atom is 0.252 e. The lowest BCUT2D eigenvalue weighted by atomic mass is 10.2. The minimum Gasteiger partial charge on any atom is -0.359 e. The smallest absolute Gasteiger partial charge is 0.252 e. The zero-order valence-electron chi connectivity index (χ0n) is 9.54. The first-order valence-corrected chi connectivity index (χ1v) is 6.01. The van der Waals surface area contributed by atoms with E-state index >= 15 is 0 Å². The molecule has 1 aromatic heterocycles. The van der Waals surface area contributed by atoms with E-state index in [1.807, 2.05) is 0 Å². The van der Waals surface area contributed by atoms with E-state index in [9.17, 15) is 9.18 Å². The molecule has 1 aromatic carbocycles. The van der Waals surface area contributed by atoms with Crippen LogP contribution in [0.2, 0.25) is 0 Å². The molecule has 0 aliphatic rings. The van der Waals surface area contributed by atoms with Gasteiger partial charge in [-0.1, -0.05) is 5.16 Å². The summed E-state index contributed by atoms with van der Waals surface area (Å²) >= 11 is 3.14. The summed E-state index contributed by atoms with van der Waals surface area (Å²) in [7, 11) is 0. The molecule has 0 unspecified atom stereocenters. The molecule has 0 aliphatic heterocycles. The fourth-order valence-electron chi connectivity index (χ4n) is 1.44. The molecule has 2 rings (SSSR count). The number of aromatic nitrogens is 1. The third-order valence-electron chi connectivity index (χ3n) is 2.28. The monoisotopic (exact) mass is 312 g/mol. The maximum atomic E-state index is 12.9. The summed E-state index contributed by atoms with van der Waals surface area (Å²) in [6.07, 6.45) is 0. The highest BCUT2D eigenvalue weighted by Gasteiger charge is 2.11. The van der Waals surface area contributed by atoms with Crippen LogP contribution in [0.4, 0.5) is 4.39 Å². The van der Waals surface area contributed by atoms with Crippen molar-refractivity contribution in [2.45, 2.75) is 13.5 Å². The summed E-state index contributed by atoms with van der Waals surface area (Å²) in [6, 6.07) is 5.63. The molecular weight excluding hydrogens is 303 g/mol. The average molecular weight is 313 g/mol. The van der Waals surface area contributed by atoms with Gasteiger partial charge in [0, 0.05) is 10.5 Å². The SMILES string of the molecule is Cc1cc(CNC(=O)c2ccc(F)cc2Br)on1. The minimum atomic E-state index is -0.399. The highest BCUT2D eigenvalue weighted by atomic mass is 79.9. The molecule has 6 heteroatoms. The van der Waals surface area contributed by atoms with Crippen molar-refractivity contribution < 1.29 is 13.7 Å². The van der Waals surface area contributed by atoms with Crippen LogP contribution in [0.5, 0.6) is 0 Å². The molecule has 0 aliphatic carbocycles. The van der Waals surface area contributed by atoms with E-state index in [0.29, 0.717) is 15.8 Å². The fourth-order valence-corrected chi connectivity index (χ4v) is 1.97. The molecule has 1 amide bonds. The van der Waals surface area contributed by atoms with E-state index < -0.39 is 5.82 Å². The molecule has 0 bridgehead atoms. The van der Waals surface area contributed by atoms with E-state index in [-0.39, 0.29) is 12.5 Å². The zero-order valence-corrected chi connectivity index (χ0v) is 11.1. The van der Waals surface area contributed by atoms with Gasteiger partial charge in [-0.15, -0.1) is 0 Å². The molecule has 1 heterocycles. The molecule has 4 nitrogen and oxygen atoms in total. The lowest BCUT2D eigenvalue weighted by Crippen LogP contribution is -2.23. The fraction of sp³-hybridized carbons (Fsp3) is 0.167. The highest BCUT2D eigenvalue weighted by molar-refractivity contribution is 9.10. The minimum absolute atomic E-state index is 0.240. The number of carbonyl (C=O) groups is 1. The molecule has 94 valence electrons. The topological polar surface area (TPSA) is 55.1 Å². The number of hydrogen-bond acceptors (Lipinski definition) is 3. The number of halogens is 2. The van der Waals surface area contributed by atoms with Crippen molar-refractivity contribution in [3.05, 3.63) is 51.6 Å². The van der Waals surface area contributed by atoms with Gasteiger partial charge in [0.05, 0.1) is 17.8 Å². The Kier molecular flexibility index (Phi) is 3.76. The molecule has 0 spiro atoms. The van der Waals surface area contributed by atoms with Crippen LogP contribution in [-0.4, -0.2) is 11.1 Å². The number of nitrogens with zero attached hydrogens (tertiary/aromatic N) is 1. The van der Waals surface area contributed by atoms with Gasteiger partial charge in [0.25, 0.3) is 5.91 Å². The Labute approximate surface area is 111 Å². The van der Waals surface area contributed by atoms with E-state index in [4.69, 9.17) is 4.52 Å². The van der Waals surface area contributed by atoms with Crippen molar-refractivity contribution in [3.63, 3.8) is 0 Å². The first-order chi connectivity index (χ1) is 8.56. The van der Waals surface area contributed by atoms with Crippen LogP contribution in [0.1, 0.15) is 21.8 Å². The second-order valence-corrected chi connectivity index (χ2v) is 4.60. The molecule has 2 aromatic rings. The van der Waals surface area contributed by atoms with Crippen molar-refractivity contribution in [3.8, 4) is 0 Å². The second kappa shape index (κ2) is 5.30. The molecule has 0 saturated heterocycles. The van der Waals surface area contributed by atoms with Gasteiger partial charge in [0.1, 0.15) is 5.82 Å². The quantitative estimate of drug-likeness (QED) is 0.948. The number of benzene rings is 1. The van der Waals surface area contributed by atoms with Crippen molar-refractivity contribution >= 4 is 21.8 Å². The van der Waals surface area contributed by atoms with Crippen molar-refractivity contribution in [2.24, 2.45) is 0 Å². The van der Waals surface area contributed by atoms with Gasteiger partial charge in [0.15, 0.2) is 5.76 Å². The summed E-state index contributed by atoms with van der Waals surface area (Å²) in [6.45, 7) is 2.04. The first-order valence-electron chi connectivity index (χ1n) is 5.21. The zero-order chi connectivity index (χ0) is 13.1. The predicted molar refractivity (Wildman–Crippen MR) is 66.5 cm³/mol. The number of hydrogen-bond donors (Lipinski definition) is 1. The third kappa shape index (κ3) is 2.95. The summed E-state index contributed by atoms with van der Waals surface area (Å²) in [5, 5.41) is 6.38. The Balaban J connectivity index is 2.03. The Bertz CT molecular complexity index is 583. The lowest BCUT2D eigenvalue weighted by molar-refractivity contribution is 0.0946. The molecule has 0 fully saturated rings. The standard InChI is InChI=1S/C12H10BrFN2O2/c1-7-4-9(18-16-7)6-15-12(17)10-3-2-8(14)5-11(10)13/h2-5H,6H2,1H3,(H,15,17). The largest absolute Gasteiger partial charge is 0.359 e. The van der Waals surface area contributed by atoms with E-state index in [0.717, 1.165) is 5.69 Å². The number of aryl methyl sites for hydroxylation is 1. The molecular formula is C12H10BrFN2O2. The molecule has 18 heavy (non-hydrogen) atoms. The Morgan fingerprint density at radius 1 is 1.50 bits per heavy atom. The normalized spacial score (nSPS) is 10.4. The highest BCUT2D eigenvalue weighted by Crippen LogP contribution is 2.18. The van der Waals surface area contributed by atoms with Gasteiger partial charge in [-0.3, -0.25) is 4.79 Å². The number of amides is 1. The second-order valence-electron chi connectivity index (χ2n) is 3.74. The maximum absolute atomic E-state index is 12.9. The number of carbonyl (C=O) groups excluding carboxylic acids is 1. The van der Waals surface area contributed by atoms with Gasteiger partial charge >= 0.3 is 0 Å². The van der Waals surface area contributed by atoms with Crippen LogP contribution >= 0.6 is 15.9 Å². The van der Waals surface area contributed by atoms with Crippen LogP contribution < -0.4 is 5.32 Å². The average Bonchev–Trinajstić information content (AvgIpc) is 2.72. The van der Waals surface area contributed by atoms with Crippen LogP contribution in [0.25, 0.3) is 0 Å². The number of nitrogens with one attached hydrogen (secondary N) is 1. The third-order valence-corrected chi connectivity index (χ3v) is 2.93. The van der Waals surface area contributed by atoms with Gasteiger partial charge in [-0.05, 0) is 41.1 Å². The Morgan fingerprint density at radius 2 is 2.28 bits per heavy atom. The summed E-state index contributed by atoms with van der Waals surface area (Å²) in [5.74, 6) is -0.140. The van der Waals surface area contributed by atoms with Crippen LogP contribution in [0.15, 0.2) is 33.3 Å². The lowest BCUT2D eigenvalue weighted by Gasteiger charge is -2.05. The van der Waals surface area contributed by atoms with Gasteiger partial charge in [0.2, 0.25) is 0 Å². The Hall–Kier alpha value is -1.69. The summed E-state index contributed by atoms with van der Waals surface area (Å²) in [5.41, 5.74) is 1.12. The van der Waals surface area contributed by atoms with Crippen LogP contribution in [-0.2, 0) is 6.54 Å². The van der Waals surface area contributed by atoms with E-state index in [2.05, 4.69) is 26.4 Å². The first kappa shape index (κ1) is 12.8. The van der Waals surface area contributed by atoms with Crippen molar-refractivity contribution in [1.82, 2.24) is 10.5 Å². The van der Waals surface area contributed by atoms with Crippen LogP contribution in [0.3, 0.4) is 0 Å². The Morgan fingerprint density at radius 3 is 2.89 bits per heavy atom.